The van der Waals surface area contributed by atoms with Crippen molar-refractivity contribution in [3.63, 3.8) is 0 Å². The maximum atomic E-state index is 11.9. The van der Waals surface area contributed by atoms with E-state index in [1.807, 2.05) is 0 Å². The van der Waals surface area contributed by atoms with Crippen LogP contribution in [0.25, 0.3) is 0 Å². The van der Waals surface area contributed by atoms with Crippen LogP contribution in [-0.4, -0.2) is 34.5 Å². The van der Waals surface area contributed by atoms with Crippen LogP contribution in [-0.2, 0) is 9.59 Å². The molecular weight excluding hydrogens is 194 g/mol. The Labute approximate surface area is 89.3 Å². The van der Waals surface area contributed by atoms with Crippen LogP contribution < -0.4 is 0 Å². The maximum Gasteiger partial charge on any atom is 0.315 e. The summed E-state index contributed by atoms with van der Waals surface area (Å²) in [5, 5.41) is 8.81. The van der Waals surface area contributed by atoms with Crippen molar-refractivity contribution in [3.05, 3.63) is 0 Å². The number of rotatable bonds is 5. The first-order valence-corrected chi connectivity index (χ1v) is 5.63. The quantitative estimate of drug-likeness (QED) is 0.693. The first-order chi connectivity index (χ1) is 7.09. The molecule has 0 spiro atoms. The molecule has 2 fully saturated rings. The van der Waals surface area contributed by atoms with Gasteiger partial charge in [-0.2, -0.15) is 0 Å². The van der Waals surface area contributed by atoms with Crippen LogP contribution in [0.5, 0.6) is 0 Å². The molecule has 1 N–H and O–H groups in total. The van der Waals surface area contributed by atoms with Gasteiger partial charge in [0.25, 0.3) is 0 Å². The van der Waals surface area contributed by atoms with Gasteiger partial charge in [-0.3, -0.25) is 9.59 Å². The molecule has 2 rings (SSSR count). The lowest BCUT2D eigenvalue weighted by atomic mass is 10.1. The van der Waals surface area contributed by atoms with E-state index < -0.39 is 11.9 Å². The van der Waals surface area contributed by atoms with E-state index in [1.165, 1.54) is 19.8 Å². The predicted molar refractivity (Wildman–Crippen MR) is 54.3 cm³/mol. The number of carboxylic acids is 1. The second-order valence-corrected chi connectivity index (χ2v) is 4.73. The van der Waals surface area contributed by atoms with Crippen molar-refractivity contribution in [2.45, 2.75) is 38.6 Å². The smallest absolute Gasteiger partial charge is 0.315 e. The number of hydrogen-bond donors (Lipinski definition) is 1. The summed E-state index contributed by atoms with van der Waals surface area (Å²) < 4.78 is 0. The van der Waals surface area contributed by atoms with Gasteiger partial charge < -0.3 is 10.0 Å². The van der Waals surface area contributed by atoms with Crippen molar-refractivity contribution < 1.29 is 14.7 Å². The van der Waals surface area contributed by atoms with Gasteiger partial charge in [-0.05, 0) is 38.5 Å². The van der Waals surface area contributed by atoms with Crippen LogP contribution >= 0.6 is 0 Å². The molecule has 2 saturated carbocycles. The van der Waals surface area contributed by atoms with Crippen LogP contribution in [0.1, 0.15) is 32.6 Å². The third kappa shape index (κ3) is 2.49. The van der Waals surface area contributed by atoms with Crippen LogP contribution in [0.2, 0.25) is 0 Å². The highest BCUT2D eigenvalue weighted by Gasteiger charge is 2.39. The van der Waals surface area contributed by atoms with E-state index in [1.54, 1.807) is 4.90 Å². The molecule has 0 aromatic rings. The fraction of sp³-hybridized carbons (Fsp3) is 0.818. The Kier molecular flexibility index (Phi) is 2.67. The summed E-state index contributed by atoms with van der Waals surface area (Å²) in [5.41, 5.74) is 0. The van der Waals surface area contributed by atoms with Gasteiger partial charge in [0.2, 0.25) is 5.91 Å². The van der Waals surface area contributed by atoms with Crippen LogP contribution in [0.15, 0.2) is 0 Å². The molecule has 0 aromatic carbocycles. The molecule has 4 heteroatoms. The van der Waals surface area contributed by atoms with Crippen molar-refractivity contribution >= 4 is 11.9 Å². The minimum Gasteiger partial charge on any atom is -0.481 e. The monoisotopic (exact) mass is 211 g/mol. The lowest BCUT2D eigenvalue weighted by molar-refractivity contribution is -0.150. The van der Waals surface area contributed by atoms with Gasteiger partial charge in [0.1, 0.15) is 5.92 Å². The van der Waals surface area contributed by atoms with E-state index in [0.29, 0.717) is 12.0 Å². The first-order valence-electron chi connectivity index (χ1n) is 5.63. The molecule has 2 aliphatic rings. The van der Waals surface area contributed by atoms with Crippen LogP contribution in [0.3, 0.4) is 0 Å². The van der Waals surface area contributed by atoms with Gasteiger partial charge in [0.05, 0.1) is 0 Å². The molecule has 0 radical (unpaired) electrons. The van der Waals surface area contributed by atoms with E-state index in [-0.39, 0.29) is 5.91 Å². The Morgan fingerprint density at radius 1 is 1.33 bits per heavy atom. The summed E-state index contributed by atoms with van der Waals surface area (Å²) in [5.74, 6) is -1.46. The number of amides is 1. The highest BCUT2D eigenvalue weighted by atomic mass is 16.4. The van der Waals surface area contributed by atoms with Gasteiger partial charge in [-0.1, -0.05) is 0 Å². The zero-order chi connectivity index (χ0) is 11.0. The molecule has 84 valence electrons. The van der Waals surface area contributed by atoms with E-state index in [4.69, 9.17) is 5.11 Å². The SMILES string of the molecule is CC(C(=O)O)C(=O)N(CC1CC1)C1CC1. The second-order valence-electron chi connectivity index (χ2n) is 4.73. The summed E-state index contributed by atoms with van der Waals surface area (Å²) >= 11 is 0. The summed E-state index contributed by atoms with van der Waals surface area (Å²) in [7, 11) is 0. The normalized spacial score (nSPS) is 22.2. The fourth-order valence-electron chi connectivity index (χ4n) is 1.74. The van der Waals surface area contributed by atoms with E-state index >= 15 is 0 Å². The topological polar surface area (TPSA) is 57.6 Å². The Balaban J connectivity index is 1.96. The zero-order valence-corrected chi connectivity index (χ0v) is 8.98. The van der Waals surface area contributed by atoms with Crippen molar-refractivity contribution in [2.75, 3.05) is 6.54 Å². The maximum absolute atomic E-state index is 11.9. The lowest BCUT2D eigenvalue weighted by Crippen LogP contribution is -2.40. The number of carbonyl (C=O) groups is 2. The Bertz CT molecular complexity index is 282. The molecule has 0 saturated heterocycles. The highest BCUT2D eigenvalue weighted by Crippen LogP contribution is 2.35. The molecule has 0 aliphatic heterocycles. The van der Waals surface area contributed by atoms with Crippen molar-refractivity contribution in [1.82, 2.24) is 4.90 Å². The van der Waals surface area contributed by atoms with Crippen LogP contribution in [0.4, 0.5) is 0 Å². The molecule has 15 heavy (non-hydrogen) atoms. The molecule has 2 aliphatic carbocycles. The Morgan fingerprint density at radius 3 is 2.33 bits per heavy atom. The Hall–Kier alpha value is -1.06. The van der Waals surface area contributed by atoms with Gasteiger partial charge in [-0.25, -0.2) is 0 Å². The van der Waals surface area contributed by atoms with Gasteiger partial charge in [0, 0.05) is 12.6 Å². The minimum absolute atomic E-state index is 0.197. The predicted octanol–water partition coefficient (Wildman–Crippen LogP) is 1.11. The molecule has 0 bridgehead atoms. The number of hydrogen-bond acceptors (Lipinski definition) is 2. The average Bonchev–Trinajstić information content (AvgIpc) is 3.00. The number of nitrogens with zero attached hydrogens (tertiary/aromatic N) is 1. The standard InChI is InChI=1S/C11H17NO3/c1-7(11(14)15)10(13)12(9-4-5-9)6-8-2-3-8/h7-9H,2-6H2,1H3,(H,14,15). The van der Waals surface area contributed by atoms with Gasteiger partial charge >= 0.3 is 5.97 Å². The summed E-state index contributed by atoms with van der Waals surface area (Å²) in [4.78, 5) is 24.4. The molecule has 0 aromatic heterocycles. The zero-order valence-electron chi connectivity index (χ0n) is 8.98. The first kappa shape index (κ1) is 10.5. The van der Waals surface area contributed by atoms with E-state index in [2.05, 4.69) is 0 Å². The molecule has 0 heterocycles. The third-order valence-electron chi connectivity index (χ3n) is 3.16. The van der Waals surface area contributed by atoms with Crippen molar-refractivity contribution in [3.8, 4) is 0 Å². The fourth-order valence-corrected chi connectivity index (χ4v) is 1.74. The largest absolute Gasteiger partial charge is 0.481 e. The summed E-state index contributed by atoms with van der Waals surface area (Å²) in [6.07, 6.45) is 4.48. The number of carbonyl (C=O) groups excluding carboxylic acids is 1. The van der Waals surface area contributed by atoms with Gasteiger partial charge in [-0.15, -0.1) is 0 Å². The molecule has 1 atom stereocenters. The number of carboxylic acid groups (broad SMARTS) is 1. The van der Waals surface area contributed by atoms with Crippen molar-refractivity contribution in [2.24, 2.45) is 11.8 Å². The molecular formula is C11H17NO3. The summed E-state index contributed by atoms with van der Waals surface area (Å²) in [6.45, 7) is 2.26. The lowest BCUT2D eigenvalue weighted by Gasteiger charge is -2.24. The third-order valence-corrected chi connectivity index (χ3v) is 3.16. The molecule has 1 unspecified atom stereocenters. The van der Waals surface area contributed by atoms with Gasteiger partial charge in [0.15, 0.2) is 0 Å². The molecule has 1 amide bonds. The average molecular weight is 211 g/mol. The molecule has 4 nitrogen and oxygen atoms in total. The summed E-state index contributed by atoms with van der Waals surface area (Å²) in [6, 6.07) is 0.333. The number of aliphatic carboxylic acids is 1. The second kappa shape index (κ2) is 3.83. The Morgan fingerprint density at radius 2 is 1.93 bits per heavy atom. The van der Waals surface area contributed by atoms with Crippen molar-refractivity contribution in [1.29, 1.82) is 0 Å². The van der Waals surface area contributed by atoms with Crippen LogP contribution in [0, 0.1) is 11.8 Å². The minimum atomic E-state index is -1.01. The van der Waals surface area contributed by atoms with E-state index in [0.717, 1.165) is 19.4 Å². The highest BCUT2D eigenvalue weighted by molar-refractivity contribution is 5.96. The van der Waals surface area contributed by atoms with E-state index in [9.17, 15) is 9.59 Å².